The minimum absolute atomic E-state index is 0.286. The topological polar surface area (TPSA) is 59.0 Å². The van der Waals surface area contributed by atoms with Crippen LogP contribution in [-0.2, 0) is 13.6 Å². The molecule has 1 N–H and O–H groups in total. The van der Waals surface area contributed by atoms with Gasteiger partial charge < -0.3 is 9.79 Å². The van der Waals surface area contributed by atoms with Crippen LogP contribution in [-0.4, -0.2) is 42.6 Å². The average Bonchev–Trinajstić information content (AvgIpc) is 2.82. The molecule has 0 saturated heterocycles. The van der Waals surface area contributed by atoms with Gasteiger partial charge in [-0.1, -0.05) is 124 Å². The molecule has 0 fully saturated rings. The monoisotopic (exact) mass is 505 g/mol. The Hall–Kier alpha value is 0.0700. The number of nitrogens with zero attached hydrogens (tertiary/aromatic N) is 1. The summed E-state index contributed by atoms with van der Waals surface area (Å²) in [6.45, 7) is 10.5. The van der Waals surface area contributed by atoms with Gasteiger partial charge in [-0.2, -0.15) is 0 Å². The maximum absolute atomic E-state index is 12.1. The SMILES string of the molecule is CCCCCCCCCN(CCCCCCCCC)CCCOP(=O)(O)OCCCCCCC. The standard InChI is InChI=1S/C28H60NO4P/c1-4-7-10-13-15-17-20-24-29(25-21-18-16-14-11-8-5-2)26-23-28-33-34(30,31)32-27-22-19-12-9-6-3/h4-28H2,1-3H3,(H,30,31). The highest BCUT2D eigenvalue weighted by Crippen LogP contribution is 2.43. The molecule has 0 aromatic rings. The fraction of sp³-hybridized carbons (Fsp3) is 1.00. The molecule has 0 heterocycles. The van der Waals surface area contributed by atoms with E-state index in [9.17, 15) is 9.46 Å². The van der Waals surface area contributed by atoms with Crippen LogP contribution in [0, 0.1) is 0 Å². The van der Waals surface area contributed by atoms with Gasteiger partial charge in [0.15, 0.2) is 0 Å². The van der Waals surface area contributed by atoms with Crippen LogP contribution in [0.5, 0.6) is 0 Å². The maximum Gasteiger partial charge on any atom is 0.472 e. The zero-order valence-electron chi connectivity index (χ0n) is 23.2. The molecule has 0 aromatic carbocycles. The Morgan fingerprint density at radius 3 is 1.26 bits per heavy atom. The summed E-state index contributed by atoms with van der Waals surface area (Å²) < 4.78 is 22.4. The van der Waals surface area contributed by atoms with Crippen LogP contribution >= 0.6 is 7.82 Å². The molecule has 0 amide bonds. The van der Waals surface area contributed by atoms with Gasteiger partial charge in [0, 0.05) is 6.54 Å². The molecule has 0 radical (unpaired) electrons. The first kappa shape index (κ1) is 34.1. The van der Waals surface area contributed by atoms with E-state index >= 15 is 0 Å². The normalized spacial score (nSPS) is 13.6. The molecular weight excluding hydrogens is 445 g/mol. The Bertz CT molecular complexity index is 432. The molecule has 1 atom stereocenters. The van der Waals surface area contributed by atoms with Crippen molar-refractivity contribution in [1.82, 2.24) is 4.90 Å². The number of hydrogen-bond donors (Lipinski definition) is 1. The summed E-state index contributed by atoms with van der Waals surface area (Å²) in [6.07, 6.45) is 24.8. The van der Waals surface area contributed by atoms with E-state index in [-0.39, 0.29) is 6.61 Å². The lowest BCUT2D eigenvalue weighted by atomic mass is 10.1. The molecule has 0 aliphatic carbocycles. The summed E-state index contributed by atoms with van der Waals surface area (Å²) in [5.74, 6) is 0. The maximum atomic E-state index is 12.1. The van der Waals surface area contributed by atoms with Gasteiger partial charge in [0.2, 0.25) is 0 Å². The van der Waals surface area contributed by atoms with Gasteiger partial charge in [0.1, 0.15) is 0 Å². The summed E-state index contributed by atoms with van der Waals surface area (Å²) in [5, 5.41) is 0. The lowest BCUT2D eigenvalue weighted by Crippen LogP contribution is -2.28. The van der Waals surface area contributed by atoms with Crippen LogP contribution in [0.2, 0.25) is 0 Å². The zero-order valence-corrected chi connectivity index (χ0v) is 24.1. The molecule has 206 valence electrons. The fourth-order valence-corrected chi connectivity index (χ4v) is 5.11. The first-order valence-corrected chi connectivity index (χ1v) is 16.4. The van der Waals surface area contributed by atoms with Crippen molar-refractivity contribution >= 4 is 7.82 Å². The van der Waals surface area contributed by atoms with Crippen molar-refractivity contribution in [3.8, 4) is 0 Å². The molecule has 0 spiro atoms. The second-order valence-corrected chi connectivity index (χ2v) is 11.4. The second kappa shape index (κ2) is 26.1. The molecule has 1 unspecified atom stereocenters. The number of hydrogen-bond acceptors (Lipinski definition) is 4. The van der Waals surface area contributed by atoms with Crippen molar-refractivity contribution in [3.63, 3.8) is 0 Å². The van der Waals surface area contributed by atoms with Crippen molar-refractivity contribution in [2.75, 3.05) is 32.8 Å². The molecule has 34 heavy (non-hydrogen) atoms. The fourth-order valence-electron chi connectivity index (χ4n) is 4.31. The minimum atomic E-state index is -3.91. The highest BCUT2D eigenvalue weighted by Gasteiger charge is 2.20. The van der Waals surface area contributed by atoms with Gasteiger partial charge >= 0.3 is 7.82 Å². The Morgan fingerprint density at radius 1 is 0.500 bits per heavy atom. The lowest BCUT2D eigenvalue weighted by molar-refractivity contribution is 0.139. The Balaban J connectivity index is 4.08. The Kier molecular flexibility index (Phi) is 26.2. The summed E-state index contributed by atoms with van der Waals surface area (Å²) in [5.41, 5.74) is 0. The predicted octanol–water partition coefficient (Wildman–Crippen LogP) is 9.28. The lowest BCUT2D eigenvalue weighted by Gasteiger charge is -2.22. The van der Waals surface area contributed by atoms with Gasteiger partial charge in [0.25, 0.3) is 0 Å². The van der Waals surface area contributed by atoms with E-state index in [1.165, 1.54) is 103 Å². The second-order valence-electron chi connectivity index (χ2n) is 9.99. The number of rotatable bonds is 28. The predicted molar refractivity (Wildman–Crippen MR) is 148 cm³/mol. The van der Waals surface area contributed by atoms with Crippen LogP contribution in [0.4, 0.5) is 0 Å². The van der Waals surface area contributed by atoms with Gasteiger partial charge in [-0.3, -0.25) is 9.05 Å². The largest absolute Gasteiger partial charge is 0.472 e. The molecule has 0 aliphatic rings. The van der Waals surface area contributed by atoms with E-state index in [0.717, 1.165) is 45.3 Å². The molecular formula is C28H60NO4P. The Labute approximate surface area is 213 Å². The molecule has 0 saturated carbocycles. The number of unbranched alkanes of at least 4 members (excludes halogenated alkanes) is 16. The molecule has 0 bridgehead atoms. The molecule has 6 heteroatoms. The number of phosphoric ester groups is 1. The summed E-state index contributed by atoms with van der Waals surface area (Å²) in [4.78, 5) is 12.4. The van der Waals surface area contributed by atoms with Crippen LogP contribution in [0.1, 0.15) is 149 Å². The van der Waals surface area contributed by atoms with Crippen LogP contribution < -0.4 is 0 Å². The van der Waals surface area contributed by atoms with E-state index in [4.69, 9.17) is 9.05 Å². The van der Waals surface area contributed by atoms with E-state index in [2.05, 4.69) is 25.7 Å². The van der Waals surface area contributed by atoms with Crippen molar-refractivity contribution in [1.29, 1.82) is 0 Å². The third-order valence-corrected chi connectivity index (χ3v) is 7.55. The molecule has 0 aromatic heterocycles. The van der Waals surface area contributed by atoms with E-state index < -0.39 is 7.82 Å². The summed E-state index contributed by atoms with van der Waals surface area (Å²) in [6, 6.07) is 0. The zero-order chi connectivity index (χ0) is 25.2. The van der Waals surface area contributed by atoms with Crippen LogP contribution in [0.25, 0.3) is 0 Å². The number of phosphoric acid groups is 1. The summed E-state index contributed by atoms with van der Waals surface area (Å²) in [7, 11) is -3.91. The van der Waals surface area contributed by atoms with Crippen molar-refractivity contribution in [3.05, 3.63) is 0 Å². The van der Waals surface area contributed by atoms with E-state index in [1.807, 2.05) is 0 Å². The van der Waals surface area contributed by atoms with Crippen molar-refractivity contribution < 1.29 is 18.5 Å². The third kappa shape index (κ3) is 25.2. The van der Waals surface area contributed by atoms with E-state index in [0.29, 0.717) is 6.61 Å². The van der Waals surface area contributed by atoms with Crippen LogP contribution in [0.3, 0.4) is 0 Å². The smallest absolute Gasteiger partial charge is 0.303 e. The molecule has 0 rings (SSSR count). The van der Waals surface area contributed by atoms with Crippen molar-refractivity contribution in [2.24, 2.45) is 0 Å². The first-order valence-electron chi connectivity index (χ1n) is 14.9. The van der Waals surface area contributed by atoms with Gasteiger partial charge in [-0.15, -0.1) is 0 Å². The summed E-state index contributed by atoms with van der Waals surface area (Å²) >= 11 is 0. The first-order chi connectivity index (χ1) is 16.6. The molecule has 5 nitrogen and oxygen atoms in total. The quantitative estimate of drug-likeness (QED) is 0.0848. The van der Waals surface area contributed by atoms with Gasteiger partial charge in [-0.25, -0.2) is 4.57 Å². The van der Waals surface area contributed by atoms with Crippen molar-refractivity contribution in [2.45, 2.75) is 149 Å². The van der Waals surface area contributed by atoms with Gasteiger partial charge in [-0.05, 0) is 38.8 Å². The minimum Gasteiger partial charge on any atom is -0.303 e. The average molecular weight is 506 g/mol. The molecule has 0 aliphatic heterocycles. The third-order valence-electron chi connectivity index (χ3n) is 6.53. The Morgan fingerprint density at radius 2 is 0.824 bits per heavy atom. The van der Waals surface area contributed by atoms with E-state index in [1.54, 1.807) is 0 Å². The van der Waals surface area contributed by atoms with Crippen LogP contribution in [0.15, 0.2) is 0 Å². The highest BCUT2D eigenvalue weighted by molar-refractivity contribution is 7.47. The highest BCUT2D eigenvalue weighted by atomic mass is 31.2. The van der Waals surface area contributed by atoms with Gasteiger partial charge in [0.05, 0.1) is 13.2 Å².